The maximum absolute atomic E-state index is 12.5. The summed E-state index contributed by atoms with van der Waals surface area (Å²) in [6.07, 6.45) is -4.43. The van der Waals surface area contributed by atoms with Crippen molar-refractivity contribution in [2.24, 2.45) is 0 Å². The van der Waals surface area contributed by atoms with Crippen molar-refractivity contribution >= 4 is 22.4 Å². The molecule has 0 unspecified atom stereocenters. The van der Waals surface area contributed by atoms with E-state index in [0.717, 1.165) is 29.8 Å². The molecular formula is C16H10F3N3OS. The summed E-state index contributed by atoms with van der Waals surface area (Å²) in [5.74, 6) is -0.542. The van der Waals surface area contributed by atoms with E-state index in [0.29, 0.717) is 5.01 Å². The molecule has 122 valence electrons. The van der Waals surface area contributed by atoms with E-state index in [2.05, 4.69) is 15.5 Å². The maximum Gasteiger partial charge on any atom is 0.416 e. The summed E-state index contributed by atoms with van der Waals surface area (Å²) in [6, 6.07) is 13.3. The second-order valence-electron chi connectivity index (χ2n) is 4.81. The highest BCUT2D eigenvalue weighted by Crippen LogP contribution is 2.29. The van der Waals surface area contributed by atoms with Gasteiger partial charge in [-0.2, -0.15) is 13.2 Å². The Balaban J connectivity index is 1.72. The van der Waals surface area contributed by atoms with Crippen molar-refractivity contribution in [1.29, 1.82) is 0 Å². The molecular weight excluding hydrogens is 339 g/mol. The minimum absolute atomic E-state index is 0.111. The molecule has 0 aliphatic rings. The van der Waals surface area contributed by atoms with E-state index in [4.69, 9.17) is 0 Å². The lowest BCUT2D eigenvalue weighted by Gasteiger charge is -2.07. The van der Waals surface area contributed by atoms with E-state index in [1.807, 2.05) is 30.3 Å². The second-order valence-corrected chi connectivity index (χ2v) is 5.79. The van der Waals surface area contributed by atoms with Gasteiger partial charge >= 0.3 is 6.18 Å². The topological polar surface area (TPSA) is 54.9 Å². The summed E-state index contributed by atoms with van der Waals surface area (Å²) >= 11 is 1.18. The van der Waals surface area contributed by atoms with Crippen LogP contribution < -0.4 is 5.32 Å². The summed E-state index contributed by atoms with van der Waals surface area (Å²) in [6.45, 7) is 0. The Hall–Kier alpha value is -2.74. The first-order chi connectivity index (χ1) is 11.4. The number of aromatic nitrogens is 2. The van der Waals surface area contributed by atoms with Crippen LogP contribution >= 0.6 is 11.3 Å². The van der Waals surface area contributed by atoms with Gasteiger partial charge in [0.05, 0.1) is 5.56 Å². The standard InChI is InChI=1S/C16H10F3N3OS/c17-16(18,19)12-8-6-10(7-9-12)13(23)20-15-22-21-14(24-15)11-4-2-1-3-5-11/h1-9H,(H,20,22,23). The van der Waals surface area contributed by atoms with Crippen LogP contribution in [0, 0.1) is 0 Å². The highest BCUT2D eigenvalue weighted by atomic mass is 32.1. The first-order valence-electron chi connectivity index (χ1n) is 6.81. The van der Waals surface area contributed by atoms with E-state index in [1.165, 1.54) is 11.3 Å². The van der Waals surface area contributed by atoms with Crippen molar-refractivity contribution in [2.45, 2.75) is 6.18 Å². The molecule has 0 aliphatic carbocycles. The van der Waals surface area contributed by atoms with Crippen LogP contribution in [0.5, 0.6) is 0 Å². The fourth-order valence-corrected chi connectivity index (χ4v) is 2.70. The van der Waals surface area contributed by atoms with Crippen LogP contribution in [-0.4, -0.2) is 16.1 Å². The van der Waals surface area contributed by atoms with Crippen molar-refractivity contribution in [3.8, 4) is 10.6 Å². The van der Waals surface area contributed by atoms with Gasteiger partial charge in [0.15, 0.2) is 0 Å². The Morgan fingerprint density at radius 1 is 0.958 bits per heavy atom. The van der Waals surface area contributed by atoms with E-state index in [9.17, 15) is 18.0 Å². The maximum atomic E-state index is 12.5. The third-order valence-corrected chi connectivity index (χ3v) is 4.03. The number of halogens is 3. The van der Waals surface area contributed by atoms with Crippen molar-refractivity contribution in [3.05, 3.63) is 65.7 Å². The Morgan fingerprint density at radius 2 is 1.62 bits per heavy atom. The van der Waals surface area contributed by atoms with Gasteiger partial charge in [0.25, 0.3) is 5.91 Å². The highest BCUT2D eigenvalue weighted by molar-refractivity contribution is 7.18. The van der Waals surface area contributed by atoms with Gasteiger partial charge in [0, 0.05) is 11.1 Å². The number of anilines is 1. The molecule has 3 aromatic rings. The summed E-state index contributed by atoms with van der Waals surface area (Å²) in [5.41, 5.74) is 0.172. The number of rotatable bonds is 3. The molecule has 0 spiro atoms. The number of benzene rings is 2. The molecule has 2 aromatic carbocycles. The normalized spacial score (nSPS) is 11.3. The van der Waals surface area contributed by atoms with Crippen LogP contribution in [0.4, 0.5) is 18.3 Å². The second kappa shape index (κ2) is 6.40. The zero-order chi connectivity index (χ0) is 17.2. The minimum Gasteiger partial charge on any atom is -0.296 e. The molecule has 0 fully saturated rings. The number of hydrogen-bond acceptors (Lipinski definition) is 4. The molecule has 1 amide bonds. The fourth-order valence-electron chi connectivity index (χ4n) is 1.95. The van der Waals surface area contributed by atoms with E-state index >= 15 is 0 Å². The summed E-state index contributed by atoms with van der Waals surface area (Å²) in [4.78, 5) is 12.1. The number of carbonyl (C=O) groups excluding carboxylic acids is 1. The molecule has 0 saturated carbocycles. The lowest BCUT2D eigenvalue weighted by atomic mass is 10.1. The van der Waals surface area contributed by atoms with Crippen LogP contribution in [-0.2, 0) is 6.18 Å². The van der Waals surface area contributed by atoms with Gasteiger partial charge in [-0.15, -0.1) is 10.2 Å². The van der Waals surface area contributed by atoms with Gasteiger partial charge in [-0.25, -0.2) is 0 Å². The molecule has 24 heavy (non-hydrogen) atoms. The number of amides is 1. The number of hydrogen-bond donors (Lipinski definition) is 1. The lowest BCUT2D eigenvalue weighted by Crippen LogP contribution is -2.12. The van der Waals surface area contributed by atoms with Gasteiger partial charge in [0.2, 0.25) is 5.13 Å². The van der Waals surface area contributed by atoms with Crippen LogP contribution in [0.2, 0.25) is 0 Å². The lowest BCUT2D eigenvalue weighted by molar-refractivity contribution is -0.137. The molecule has 3 rings (SSSR count). The monoisotopic (exact) mass is 349 g/mol. The largest absolute Gasteiger partial charge is 0.416 e. The average molecular weight is 349 g/mol. The smallest absolute Gasteiger partial charge is 0.296 e. The molecule has 0 radical (unpaired) electrons. The van der Waals surface area contributed by atoms with E-state index in [1.54, 1.807) is 0 Å². The number of alkyl halides is 3. The molecule has 0 saturated heterocycles. The molecule has 1 N–H and O–H groups in total. The Kier molecular flexibility index (Phi) is 4.30. The predicted molar refractivity (Wildman–Crippen MR) is 84.7 cm³/mol. The van der Waals surface area contributed by atoms with Crippen molar-refractivity contribution < 1.29 is 18.0 Å². The van der Waals surface area contributed by atoms with Gasteiger partial charge < -0.3 is 0 Å². The van der Waals surface area contributed by atoms with Gasteiger partial charge in [-0.1, -0.05) is 41.7 Å². The molecule has 1 aromatic heterocycles. The summed E-state index contributed by atoms with van der Waals surface area (Å²) in [7, 11) is 0. The Labute approximate surface area is 139 Å². The van der Waals surface area contributed by atoms with Gasteiger partial charge in [0.1, 0.15) is 5.01 Å². The zero-order valence-corrected chi connectivity index (χ0v) is 12.9. The first kappa shape index (κ1) is 16.1. The quantitative estimate of drug-likeness (QED) is 0.759. The van der Waals surface area contributed by atoms with Crippen LogP contribution in [0.1, 0.15) is 15.9 Å². The number of carbonyl (C=O) groups is 1. The minimum atomic E-state index is -4.43. The first-order valence-corrected chi connectivity index (χ1v) is 7.63. The summed E-state index contributed by atoms with van der Waals surface area (Å²) < 4.78 is 37.5. The molecule has 0 aliphatic heterocycles. The zero-order valence-electron chi connectivity index (χ0n) is 12.0. The third kappa shape index (κ3) is 3.60. The van der Waals surface area contributed by atoms with Gasteiger partial charge in [-0.05, 0) is 24.3 Å². The Morgan fingerprint density at radius 3 is 2.25 bits per heavy atom. The molecule has 0 bridgehead atoms. The Bertz CT molecular complexity index is 845. The van der Waals surface area contributed by atoms with Crippen LogP contribution in [0.15, 0.2) is 54.6 Å². The number of nitrogens with one attached hydrogen (secondary N) is 1. The fraction of sp³-hybridized carbons (Fsp3) is 0.0625. The van der Waals surface area contributed by atoms with Crippen molar-refractivity contribution in [2.75, 3.05) is 5.32 Å². The average Bonchev–Trinajstić information content (AvgIpc) is 3.03. The number of nitrogens with zero attached hydrogens (tertiary/aromatic N) is 2. The molecule has 0 atom stereocenters. The van der Waals surface area contributed by atoms with Crippen molar-refractivity contribution in [1.82, 2.24) is 10.2 Å². The van der Waals surface area contributed by atoms with Crippen LogP contribution in [0.25, 0.3) is 10.6 Å². The molecule has 8 heteroatoms. The SMILES string of the molecule is O=C(Nc1nnc(-c2ccccc2)s1)c1ccc(C(F)(F)F)cc1. The predicted octanol–water partition coefficient (Wildman–Crippen LogP) is 4.48. The van der Waals surface area contributed by atoms with Crippen molar-refractivity contribution in [3.63, 3.8) is 0 Å². The third-order valence-electron chi connectivity index (χ3n) is 3.14. The highest BCUT2D eigenvalue weighted by Gasteiger charge is 2.30. The molecule has 1 heterocycles. The molecule has 4 nitrogen and oxygen atoms in total. The van der Waals surface area contributed by atoms with Gasteiger partial charge in [-0.3, -0.25) is 10.1 Å². The van der Waals surface area contributed by atoms with E-state index < -0.39 is 17.6 Å². The summed E-state index contributed by atoms with van der Waals surface area (Å²) in [5, 5.41) is 11.3. The van der Waals surface area contributed by atoms with E-state index in [-0.39, 0.29) is 10.7 Å². The van der Waals surface area contributed by atoms with Crippen LogP contribution in [0.3, 0.4) is 0 Å².